The molecule has 29 heavy (non-hydrogen) atoms. The molecule has 1 aromatic carbocycles. The van der Waals surface area contributed by atoms with Crippen molar-refractivity contribution in [2.75, 3.05) is 30.8 Å². The van der Waals surface area contributed by atoms with Gasteiger partial charge in [-0.2, -0.15) is 0 Å². The monoisotopic (exact) mass is 417 g/mol. The minimum atomic E-state index is -0.267. The van der Waals surface area contributed by atoms with E-state index in [1.807, 2.05) is 12.1 Å². The third-order valence-electron chi connectivity index (χ3n) is 5.31. The quantitative estimate of drug-likeness (QED) is 0.639. The highest BCUT2D eigenvalue weighted by atomic mass is 32.2. The lowest BCUT2D eigenvalue weighted by atomic mass is 10.2. The Balaban J connectivity index is 1.27. The van der Waals surface area contributed by atoms with Gasteiger partial charge in [-0.3, -0.25) is 14.3 Å². The fraction of sp³-hybridized carbons (Fsp3) is 0.550. The van der Waals surface area contributed by atoms with E-state index in [4.69, 9.17) is 4.74 Å². The summed E-state index contributed by atoms with van der Waals surface area (Å²) in [5, 5.41) is 9.94. The number of anilines is 1. The molecule has 2 aliphatic heterocycles. The first-order valence-corrected chi connectivity index (χ1v) is 11.2. The molecule has 0 bridgehead atoms. The Morgan fingerprint density at radius 3 is 2.76 bits per heavy atom. The van der Waals surface area contributed by atoms with Crippen molar-refractivity contribution in [2.45, 2.75) is 50.0 Å². The van der Waals surface area contributed by atoms with Crippen LogP contribution in [0, 0.1) is 0 Å². The molecule has 156 valence electrons. The minimum Gasteiger partial charge on any atom is -0.376 e. The molecule has 0 aliphatic carbocycles. The van der Waals surface area contributed by atoms with E-state index in [2.05, 4.69) is 32.5 Å². The van der Waals surface area contributed by atoms with Crippen molar-refractivity contribution in [1.29, 1.82) is 0 Å². The average Bonchev–Trinajstić information content (AvgIpc) is 3.47. The molecule has 0 unspecified atom stereocenters. The second-order valence-electron chi connectivity index (χ2n) is 7.57. The number of amides is 1. The molecule has 2 aromatic rings. The number of rotatable bonds is 8. The third kappa shape index (κ3) is 5.49. The van der Waals surface area contributed by atoms with Crippen molar-refractivity contribution >= 4 is 23.4 Å². The predicted molar refractivity (Wildman–Crippen MR) is 112 cm³/mol. The summed E-state index contributed by atoms with van der Waals surface area (Å²) in [4.78, 5) is 26.8. The van der Waals surface area contributed by atoms with Crippen LogP contribution in [0.5, 0.6) is 0 Å². The Morgan fingerprint density at radius 1 is 1.24 bits per heavy atom. The topological polar surface area (TPSA) is 92.2 Å². The number of thioether (sulfide) groups is 1. The number of aromatic amines is 1. The standard InChI is InChI=1S/C20H27N5O3S/c26-18(21-16-7-5-15(6-8-16)12-24-9-1-2-10-24)14-29-20-23-22-19(27)25(20)13-17-4-3-11-28-17/h5-8,17H,1-4,9-14H2,(H,21,26)(H,22,27)/t17-/m0/s1. The van der Waals surface area contributed by atoms with Crippen LogP contribution in [0.1, 0.15) is 31.2 Å². The lowest BCUT2D eigenvalue weighted by Crippen LogP contribution is -2.25. The summed E-state index contributed by atoms with van der Waals surface area (Å²) in [5.74, 6) is 0.0622. The van der Waals surface area contributed by atoms with Gasteiger partial charge in [0, 0.05) is 18.8 Å². The van der Waals surface area contributed by atoms with Gasteiger partial charge in [0.05, 0.1) is 18.4 Å². The molecular weight excluding hydrogens is 390 g/mol. The number of carbonyl (C=O) groups is 1. The van der Waals surface area contributed by atoms with Gasteiger partial charge in [0.15, 0.2) is 5.16 Å². The van der Waals surface area contributed by atoms with Crippen LogP contribution in [-0.4, -0.2) is 57.1 Å². The highest BCUT2D eigenvalue weighted by Crippen LogP contribution is 2.19. The number of hydrogen-bond acceptors (Lipinski definition) is 6. The Hall–Kier alpha value is -2.10. The maximum absolute atomic E-state index is 12.3. The van der Waals surface area contributed by atoms with E-state index in [-0.39, 0.29) is 23.5 Å². The van der Waals surface area contributed by atoms with Gasteiger partial charge in [-0.25, -0.2) is 9.89 Å². The zero-order valence-electron chi connectivity index (χ0n) is 16.4. The summed E-state index contributed by atoms with van der Waals surface area (Å²) in [6.07, 6.45) is 4.55. The first-order valence-electron chi connectivity index (χ1n) is 10.2. The van der Waals surface area contributed by atoms with Crippen LogP contribution in [0.3, 0.4) is 0 Å². The summed E-state index contributed by atoms with van der Waals surface area (Å²) in [5.41, 5.74) is 1.77. The maximum atomic E-state index is 12.3. The first kappa shape index (κ1) is 20.2. The highest BCUT2D eigenvalue weighted by molar-refractivity contribution is 7.99. The molecule has 0 spiro atoms. The largest absolute Gasteiger partial charge is 0.376 e. The van der Waals surface area contributed by atoms with Gasteiger partial charge < -0.3 is 10.1 Å². The summed E-state index contributed by atoms with van der Waals surface area (Å²) in [6, 6.07) is 8.01. The van der Waals surface area contributed by atoms with Crippen molar-refractivity contribution in [1.82, 2.24) is 19.7 Å². The Kier molecular flexibility index (Phi) is 6.68. The molecule has 2 N–H and O–H groups in total. The number of H-pyrrole nitrogens is 1. The van der Waals surface area contributed by atoms with E-state index < -0.39 is 0 Å². The Bertz CT molecular complexity index is 867. The van der Waals surface area contributed by atoms with E-state index in [0.717, 1.165) is 31.7 Å². The zero-order chi connectivity index (χ0) is 20.1. The van der Waals surface area contributed by atoms with Crippen LogP contribution in [0.15, 0.2) is 34.2 Å². The van der Waals surface area contributed by atoms with Crippen LogP contribution in [0.25, 0.3) is 0 Å². The number of benzene rings is 1. The van der Waals surface area contributed by atoms with E-state index in [1.165, 1.54) is 43.3 Å². The Labute approximate surface area is 174 Å². The molecule has 1 amide bonds. The predicted octanol–water partition coefficient (Wildman–Crippen LogP) is 2.08. The molecule has 2 saturated heterocycles. The summed E-state index contributed by atoms with van der Waals surface area (Å²) in [6.45, 7) is 4.50. The normalized spacial score (nSPS) is 19.7. The Morgan fingerprint density at radius 2 is 2.03 bits per heavy atom. The number of nitrogens with one attached hydrogen (secondary N) is 2. The van der Waals surface area contributed by atoms with Gasteiger partial charge >= 0.3 is 5.69 Å². The van der Waals surface area contributed by atoms with Crippen molar-refractivity contribution in [3.05, 3.63) is 40.3 Å². The lowest BCUT2D eigenvalue weighted by Gasteiger charge is -2.14. The first-order chi connectivity index (χ1) is 14.2. The van der Waals surface area contributed by atoms with Gasteiger partial charge in [0.1, 0.15) is 0 Å². The van der Waals surface area contributed by atoms with E-state index in [1.54, 1.807) is 4.57 Å². The summed E-state index contributed by atoms with van der Waals surface area (Å²) in [7, 11) is 0. The third-order valence-corrected chi connectivity index (χ3v) is 6.28. The molecule has 4 rings (SSSR count). The molecular formula is C20H27N5O3S. The van der Waals surface area contributed by atoms with Crippen LogP contribution in [0.4, 0.5) is 5.69 Å². The average molecular weight is 418 g/mol. The van der Waals surface area contributed by atoms with E-state index >= 15 is 0 Å². The minimum absolute atomic E-state index is 0.0394. The number of likely N-dealkylation sites (tertiary alicyclic amines) is 1. The fourth-order valence-corrected chi connectivity index (χ4v) is 4.54. The lowest BCUT2D eigenvalue weighted by molar-refractivity contribution is -0.113. The molecule has 0 radical (unpaired) electrons. The van der Waals surface area contributed by atoms with Gasteiger partial charge in [0.2, 0.25) is 5.91 Å². The number of hydrogen-bond donors (Lipinski definition) is 2. The van der Waals surface area contributed by atoms with Gasteiger partial charge in [0.25, 0.3) is 0 Å². The second kappa shape index (κ2) is 9.60. The van der Waals surface area contributed by atoms with E-state index in [0.29, 0.717) is 11.7 Å². The number of nitrogens with zero attached hydrogens (tertiary/aromatic N) is 3. The molecule has 1 atom stereocenters. The van der Waals surface area contributed by atoms with Crippen molar-refractivity contribution < 1.29 is 9.53 Å². The smallest absolute Gasteiger partial charge is 0.344 e. The van der Waals surface area contributed by atoms with Crippen molar-refractivity contribution in [3.8, 4) is 0 Å². The molecule has 1 aromatic heterocycles. The number of ether oxygens (including phenoxy) is 1. The molecule has 9 heteroatoms. The zero-order valence-corrected chi connectivity index (χ0v) is 17.2. The fourth-order valence-electron chi connectivity index (χ4n) is 3.79. The summed E-state index contributed by atoms with van der Waals surface area (Å²) >= 11 is 1.25. The molecule has 3 heterocycles. The van der Waals surface area contributed by atoms with Crippen LogP contribution >= 0.6 is 11.8 Å². The van der Waals surface area contributed by atoms with Crippen LogP contribution < -0.4 is 11.0 Å². The number of carbonyl (C=O) groups excluding carboxylic acids is 1. The number of aromatic nitrogens is 3. The summed E-state index contributed by atoms with van der Waals surface area (Å²) < 4.78 is 7.16. The molecule has 2 fully saturated rings. The van der Waals surface area contributed by atoms with Gasteiger partial charge in [-0.1, -0.05) is 23.9 Å². The maximum Gasteiger partial charge on any atom is 0.344 e. The van der Waals surface area contributed by atoms with Crippen LogP contribution in [0.2, 0.25) is 0 Å². The SMILES string of the molecule is O=C(CSc1n[nH]c(=O)n1C[C@@H]1CCCO1)Nc1ccc(CN2CCCC2)cc1. The van der Waals surface area contributed by atoms with Gasteiger partial charge in [-0.15, -0.1) is 5.10 Å². The van der Waals surface area contributed by atoms with E-state index in [9.17, 15) is 9.59 Å². The highest BCUT2D eigenvalue weighted by Gasteiger charge is 2.20. The van der Waals surface area contributed by atoms with Crippen molar-refractivity contribution in [2.24, 2.45) is 0 Å². The second-order valence-corrected chi connectivity index (χ2v) is 8.52. The van der Waals surface area contributed by atoms with Crippen LogP contribution in [-0.2, 0) is 22.6 Å². The molecule has 8 nitrogen and oxygen atoms in total. The molecule has 2 aliphatic rings. The van der Waals surface area contributed by atoms with Crippen molar-refractivity contribution in [3.63, 3.8) is 0 Å². The van der Waals surface area contributed by atoms with Gasteiger partial charge in [-0.05, 0) is 56.5 Å². The molecule has 0 saturated carbocycles.